The van der Waals surface area contributed by atoms with Gasteiger partial charge in [0, 0.05) is 17.5 Å². The lowest BCUT2D eigenvalue weighted by molar-refractivity contribution is 0.0925. The Balaban J connectivity index is 1.50. The van der Waals surface area contributed by atoms with E-state index in [1.165, 1.54) is 0 Å². The molecule has 1 heterocycles. The van der Waals surface area contributed by atoms with Gasteiger partial charge in [-0.05, 0) is 36.2 Å². The molecule has 0 aliphatic rings. The summed E-state index contributed by atoms with van der Waals surface area (Å²) < 4.78 is 17.1. The van der Waals surface area contributed by atoms with E-state index in [0.29, 0.717) is 18.5 Å². The minimum absolute atomic E-state index is 0.246. The molecule has 1 N–H and O–H groups in total. The number of rotatable bonds is 8. The number of hydrogen-bond donors (Lipinski definition) is 1. The highest BCUT2D eigenvalue weighted by Gasteiger charge is 2.21. The Morgan fingerprint density at radius 2 is 1.67 bits per heavy atom. The highest BCUT2D eigenvalue weighted by Crippen LogP contribution is 2.27. The molecule has 4 rings (SSSR count). The predicted molar refractivity (Wildman–Crippen MR) is 116 cm³/mol. The van der Waals surface area contributed by atoms with Crippen molar-refractivity contribution in [1.29, 1.82) is 0 Å². The van der Waals surface area contributed by atoms with E-state index in [1.54, 1.807) is 7.11 Å². The van der Waals surface area contributed by atoms with E-state index >= 15 is 0 Å². The lowest BCUT2D eigenvalue weighted by Gasteiger charge is -2.09. The summed E-state index contributed by atoms with van der Waals surface area (Å²) >= 11 is 0. The summed E-state index contributed by atoms with van der Waals surface area (Å²) in [6.45, 7) is 0.714. The Kier molecular flexibility index (Phi) is 5.99. The van der Waals surface area contributed by atoms with Gasteiger partial charge in [-0.2, -0.15) is 0 Å². The predicted octanol–water partition coefficient (Wildman–Crippen LogP) is 4.99. The van der Waals surface area contributed by atoms with Gasteiger partial charge < -0.3 is 19.2 Å². The minimum atomic E-state index is -0.257. The van der Waals surface area contributed by atoms with Crippen molar-refractivity contribution >= 4 is 16.9 Å². The van der Waals surface area contributed by atoms with Crippen LogP contribution in [-0.4, -0.2) is 19.6 Å². The van der Waals surface area contributed by atoms with Crippen LogP contribution in [0.1, 0.15) is 21.7 Å². The Labute approximate surface area is 175 Å². The van der Waals surface area contributed by atoms with E-state index in [2.05, 4.69) is 5.32 Å². The number of carbonyl (C=O) groups is 1. The summed E-state index contributed by atoms with van der Waals surface area (Å²) in [4.78, 5) is 12.9. The van der Waals surface area contributed by atoms with Crippen molar-refractivity contribution in [3.05, 3.63) is 95.7 Å². The van der Waals surface area contributed by atoms with Crippen molar-refractivity contribution in [2.24, 2.45) is 0 Å². The van der Waals surface area contributed by atoms with Crippen LogP contribution in [0.15, 0.2) is 83.3 Å². The van der Waals surface area contributed by atoms with E-state index < -0.39 is 0 Å². The number of para-hydroxylation sites is 3. The van der Waals surface area contributed by atoms with Crippen LogP contribution in [-0.2, 0) is 13.0 Å². The van der Waals surface area contributed by atoms with Gasteiger partial charge in [0.25, 0.3) is 5.91 Å². The van der Waals surface area contributed by atoms with Gasteiger partial charge in [0.05, 0.1) is 7.11 Å². The maximum atomic E-state index is 12.9. The molecule has 4 aromatic rings. The first kappa shape index (κ1) is 19.6. The third-order valence-electron chi connectivity index (χ3n) is 4.90. The SMILES string of the molecule is COc1ccccc1CCNC(=O)c1oc2ccccc2c1COc1ccccc1. The number of hydrogen-bond acceptors (Lipinski definition) is 4. The first-order valence-corrected chi connectivity index (χ1v) is 9.84. The molecule has 0 saturated heterocycles. The fourth-order valence-corrected chi connectivity index (χ4v) is 3.40. The van der Waals surface area contributed by atoms with Crippen molar-refractivity contribution < 1.29 is 18.7 Å². The van der Waals surface area contributed by atoms with Gasteiger partial charge in [0.1, 0.15) is 23.7 Å². The second-order valence-corrected chi connectivity index (χ2v) is 6.83. The van der Waals surface area contributed by atoms with E-state index in [0.717, 1.165) is 28.0 Å². The normalized spacial score (nSPS) is 10.7. The van der Waals surface area contributed by atoms with Crippen LogP contribution in [0.5, 0.6) is 11.5 Å². The summed E-state index contributed by atoms with van der Waals surface area (Å²) in [5.74, 6) is 1.58. The smallest absolute Gasteiger partial charge is 0.287 e. The largest absolute Gasteiger partial charge is 0.496 e. The first-order valence-electron chi connectivity index (χ1n) is 9.84. The Hall–Kier alpha value is -3.73. The van der Waals surface area contributed by atoms with Crippen LogP contribution in [0, 0.1) is 0 Å². The first-order chi connectivity index (χ1) is 14.8. The fraction of sp³-hybridized carbons (Fsp3) is 0.160. The van der Waals surface area contributed by atoms with Gasteiger partial charge in [-0.1, -0.05) is 54.6 Å². The standard InChI is InChI=1S/C25H23NO4/c1-28-22-13-7-5-9-18(22)15-16-26-25(27)24-21(17-29-19-10-3-2-4-11-19)20-12-6-8-14-23(20)30-24/h2-14H,15-17H2,1H3,(H,26,27). The van der Waals surface area contributed by atoms with Crippen molar-refractivity contribution in [2.75, 3.05) is 13.7 Å². The molecular weight excluding hydrogens is 378 g/mol. The molecule has 3 aromatic carbocycles. The number of amides is 1. The number of carbonyl (C=O) groups excluding carboxylic acids is 1. The van der Waals surface area contributed by atoms with Gasteiger partial charge in [-0.15, -0.1) is 0 Å². The molecule has 30 heavy (non-hydrogen) atoms. The molecule has 5 nitrogen and oxygen atoms in total. The zero-order valence-electron chi connectivity index (χ0n) is 16.8. The van der Waals surface area contributed by atoms with Crippen LogP contribution in [0.25, 0.3) is 11.0 Å². The van der Waals surface area contributed by atoms with E-state index in [1.807, 2.05) is 78.9 Å². The molecular formula is C25H23NO4. The van der Waals surface area contributed by atoms with Crippen molar-refractivity contribution in [3.63, 3.8) is 0 Å². The molecule has 0 unspecified atom stereocenters. The molecule has 0 radical (unpaired) electrons. The monoisotopic (exact) mass is 401 g/mol. The molecule has 0 atom stereocenters. The molecule has 1 amide bonds. The molecule has 0 saturated carbocycles. The minimum Gasteiger partial charge on any atom is -0.496 e. The maximum absolute atomic E-state index is 12.9. The zero-order valence-corrected chi connectivity index (χ0v) is 16.8. The van der Waals surface area contributed by atoms with Crippen LogP contribution in [0.4, 0.5) is 0 Å². The Morgan fingerprint density at radius 3 is 2.50 bits per heavy atom. The summed E-state index contributed by atoms with van der Waals surface area (Å²) in [6.07, 6.45) is 0.659. The average molecular weight is 401 g/mol. The van der Waals surface area contributed by atoms with Gasteiger partial charge in [0.15, 0.2) is 5.76 Å². The third-order valence-corrected chi connectivity index (χ3v) is 4.90. The Bertz CT molecular complexity index is 1130. The maximum Gasteiger partial charge on any atom is 0.287 e. The third kappa shape index (κ3) is 4.30. The highest BCUT2D eigenvalue weighted by molar-refractivity contribution is 5.99. The summed E-state index contributed by atoms with van der Waals surface area (Å²) in [7, 11) is 1.64. The van der Waals surface area contributed by atoms with Crippen LogP contribution in [0.3, 0.4) is 0 Å². The van der Waals surface area contributed by atoms with Crippen LogP contribution >= 0.6 is 0 Å². The fourth-order valence-electron chi connectivity index (χ4n) is 3.40. The number of ether oxygens (including phenoxy) is 2. The quantitative estimate of drug-likeness (QED) is 0.452. The number of methoxy groups -OCH3 is 1. The molecule has 0 spiro atoms. The van der Waals surface area contributed by atoms with Crippen LogP contribution < -0.4 is 14.8 Å². The summed E-state index contributed by atoms with van der Waals surface area (Å²) in [6, 6.07) is 24.9. The second kappa shape index (κ2) is 9.18. The van der Waals surface area contributed by atoms with E-state index in [9.17, 15) is 4.79 Å². The number of benzene rings is 3. The lowest BCUT2D eigenvalue weighted by atomic mass is 10.1. The zero-order chi connectivity index (χ0) is 20.8. The van der Waals surface area contributed by atoms with E-state index in [4.69, 9.17) is 13.9 Å². The molecule has 152 valence electrons. The summed E-state index contributed by atoms with van der Waals surface area (Å²) in [5.41, 5.74) is 2.45. The van der Waals surface area contributed by atoms with Gasteiger partial charge >= 0.3 is 0 Å². The topological polar surface area (TPSA) is 60.7 Å². The molecule has 0 fully saturated rings. The summed E-state index contributed by atoms with van der Waals surface area (Å²) in [5, 5.41) is 3.83. The van der Waals surface area contributed by atoms with Crippen molar-refractivity contribution in [2.45, 2.75) is 13.0 Å². The molecule has 0 aliphatic carbocycles. The number of furan rings is 1. The lowest BCUT2D eigenvalue weighted by Crippen LogP contribution is -2.26. The molecule has 5 heteroatoms. The van der Waals surface area contributed by atoms with Gasteiger partial charge in [0.2, 0.25) is 0 Å². The molecule has 0 aliphatic heterocycles. The molecule has 0 bridgehead atoms. The molecule has 1 aromatic heterocycles. The van der Waals surface area contributed by atoms with Crippen molar-refractivity contribution in [1.82, 2.24) is 5.32 Å². The second-order valence-electron chi connectivity index (χ2n) is 6.83. The van der Waals surface area contributed by atoms with Gasteiger partial charge in [-0.25, -0.2) is 0 Å². The number of nitrogens with one attached hydrogen (secondary N) is 1. The average Bonchev–Trinajstić information content (AvgIpc) is 3.17. The Morgan fingerprint density at radius 1 is 0.933 bits per heavy atom. The number of fused-ring (bicyclic) bond motifs is 1. The van der Waals surface area contributed by atoms with Gasteiger partial charge in [-0.3, -0.25) is 4.79 Å². The van der Waals surface area contributed by atoms with E-state index in [-0.39, 0.29) is 18.3 Å². The van der Waals surface area contributed by atoms with Crippen LogP contribution in [0.2, 0.25) is 0 Å². The van der Waals surface area contributed by atoms with Crippen molar-refractivity contribution in [3.8, 4) is 11.5 Å². The highest BCUT2D eigenvalue weighted by atomic mass is 16.5.